The lowest BCUT2D eigenvalue weighted by molar-refractivity contribution is 0.0443. The van der Waals surface area contributed by atoms with E-state index in [2.05, 4.69) is 12.1 Å². The second-order valence-electron chi connectivity index (χ2n) is 8.69. The van der Waals surface area contributed by atoms with Gasteiger partial charge in [-0.15, -0.1) is 0 Å². The lowest BCUT2D eigenvalue weighted by Gasteiger charge is -2.33. The number of nitrogens with zero attached hydrogens (tertiary/aromatic N) is 1. The van der Waals surface area contributed by atoms with Gasteiger partial charge >= 0.3 is 5.63 Å². The molecule has 5 heteroatoms. The molecule has 1 saturated carbocycles. The summed E-state index contributed by atoms with van der Waals surface area (Å²) in [5.74, 6) is 0.952. The molecule has 1 aromatic carbocycles. The Kier molecular flexibility index (Phi) is 6.68. The van der Waals surface area contributed by atoms with Crippen molar-refractivity contribution in [2.24, 2.45) is 5.92 Å². The van der Waals surface area contributed by atoms with Crippen molar-refractivity contribution in [2.75, 3.05) is 19.7 Å². The highest BCUT2D eigenvalue weighted by molar-refractivity contribution is 5.95. The molecule has 1 aliphatic heterocycles. The maximum absolute atomic E-state index is 13.4. The average molecular weight is 410 g/mol. The van der Waals surface area contributed by atoms with Crippen molar-refractivity contribution >= 4 is 5.91 Å². The lowest BCUT2D eigenvalue weighted by atomic mass is 9.85. The van der Waals surface area contributed by atoms with E-state index in [1.807, 2.05) is 36.1 Å². The largest absolute Gasteiger partial charge is 0.427 e. The average Bonchev–Trinajstić information content (AvgIpc) is 3.21. The van der Waals surface area contributed by atoms with Gasteiger partial charge in [0.15, 0.2) is 0 Å². The number of carbonyl (C=O) groups excluding carboxylic acids is 1. The smallest absolute Gasteiger partial charge is 0.349 e. The molecule has 0 radical (unpaired) electrons. The molecule has 2 heterocycles. The zero-order valence-electron chi connectivity index (χ0n) is 17.8. The van der Waals surface area contributed by atoms with Crippen LogP contribution in [0.4, 0.5) is 0 Å². The molecule has 4 rings (SSSR count). The number of hydrogen-bond acceptors (Lipinski definition) is 4. The van der Waals surface area contributed by atoms with Crippen molar-refractivity contribution in [2.45, 2.75) is 58.0 Å². The molecule has 2 aliphatic rings. The molecule has 1 aromatic heterocycles. The maximum atomic E-state index is 13.4. The molecule has 1 amide bonds. The standard InChI is InChI=1S/C25H31NO4/c1-18-15-21(13-12-19-7-3-2-4-8-19)30-25(28)23(18)24(27)26(16-20-9-5-10-20)17-22-11-6-14-29-22/h2-4,7-8,15,20,22H,5-6,9-14,16-17H2,1H3. The number of hydrogen-bond donors (Lipinski definition) is 0. The molecule has 1 aliphatic carbocycles. The summed E-state index contributed by atoms with van der Waals surface area (Å²) in [5, 5.41) is 0. The van der Waals surface area contributed by atoms with Gasteiger partial charge < -0.3 is 14.1 Å². The molecule has 5 nitrogen and oxygen atoms in total. The van der Waals surface area contributed by atoms with Crippen LogP contribution >= 0.6 is 0 Å². The molecular weight excluding hydrogens is 378 g/mol. The molecular formula is C25H31NO4. The van der Waals surface area contributed by atoms with Gasteiger partial charge in [0.05, 0.1) is 6.10 Å². The Balaban J connectivity index is 1.49. The lowest BCUT2D eigenvalue weighted by Crippen LogP contribution is -2.43. The summed E-state index contributed by atoms with van der Waals surface area (Å²) in [6.45, 7) is 3.86. The van der Waals surface area contributed by atoms with Gasteiger partial charge in [-0.2, -0.15) is 0 Å². The minimum absolute atomic E-state index is 0.0755. The van der Waals surface area contributed by atoms with E-state index in [4.69, 9.17) is 9.15 Å². The number of amides is 1. The van der Waals surface area contributed by atoms with Crippen LogP contribution in [0.3, 0.4) is 0 Å². The zero-order valence-corrected chi connectivity index (χ0v) is 17.8. The highest BCUT2D eigenvalue weighted by atomic mass is 16.5. The number of benzene rings is 1. The fourth-order valence-electron chi connectivity index (χ4n) is 4.39. The van der Waals surface area contributed by atoms with E-state index >= 15 is 0 Å². The van der Waals surface area contributed by atoms with Crippen LogP contribution in [0.1, 0.15) is 59.3 Å². The normalized spacial score (nSPS) is 18.9. The van der Waals surface area contributed by atoms with E-state index < -0.39 is 5.63 Å². The Hall–Kier alpha value is -2.40. The van der Waals surface area contributed by atoms with Crippen LogP contribution in [0.5, 0.6) is 0 Å². The minimum atomic E-state index is -0.519. The fourth-order valence-corrected chi connectivity index (χ4v) is 4.39. The number of rotatable bonds is 8. The van der Waals surface area contributed by atoms with Crippen molar-refractivity contribution in [1.29, 1.82) is 0 Å². The van der Waals surface area contributed by atoms with Gasteiger partial charge in [-0.05, 0) is 62.1 Å². The fraction of sp³-hybridized carbons (Fsp3) is 0.520. The first-order chi connectivity index (χ1) is 14.6. The SMILES string of the molecule is Cc1cc(CCc2ccccc2)oc(=O)c1C(=O)N(CC1CCC1)CC1CCCO1. The molecule has 30 heavy (non-hydrogen) atoms. The number of carbonyl (C=O) groups is 1. The molecule has 2 aromatic rings. The number of aryl methyl sites for hydroxylation is 3. The van der Waals surface area contributed by atoms with E-state index in [0.29, 0.717) is 36.8 Å². The Morgan fingerprint density at radius 1 is 1.07 bits per heavy atom. The Morgan fingerprint density at radius 3 is 2.50 bits per heavy atom. The van der Waals surface area contributed by atoms with E-state index in [1.54, 1.807) is 0 Å². The molecule has 0 N–H and O–H groups in total. The molecule has 0 spiro atoms. The maximum Gasteiger partial charge on any atom is 0.349 e. The Labute approximate surface area is 178 Å². The van der Waals surface area contributed by atoms with Crippen LogP contribution in [0, 0.1) is 12.8 Å². The first-order valence-corrected chi connectivity index (χ1v) is 11.2. The van der Waals surface area contributed by atoms with Crippen molar-refractivity contribution in [3.05, 3.63) is 69.3 Å². The van der Waals surface area contributed by atoms with Crippen LogP contribution in [0.2, 0.25) is 0 Å². The van der Waals surface area contributed by atoms with Gasteiger partial charge in [-0.25, -0.2) is 4.79 Å². The first-order valence-electron chi connectivity index (χ1n) is 11.2. The molecule has 0 bridgehead atoms. The van der Waals surface area contributed by atoms with Gasteiger partial charge in [0, 0.05) is 26.1 Å². The van der Waals surface area contributed by atoms with Gasteiger partial charge in [0.1, 0.15) is 11.3 Å². The topological polar surface area (TPSA) is 59.8 Å². The van der Waals surface area contributed by atoms with E-state index in [-0.39, 0.29) is 17.6 Å². The second kappa shape index (κ2) is 9.61. The summed E-state index contributed by atoms with van der Waals surface area (Å²) in [5.41, 5.74) is 1.55. The third kappa shape index (κ3) is 5.01. The predicted molar refractivity (Wildman–Crippen MR) is 116 cm³/mol. The third-order valence-corrected chi connectivity index (χ3v) is 6.36. The van der Waals surface area contributed by atoms with Crippen LogP contribution in [0.15, 0.2) is 45.6 Å². The van der Waals surface area contributed by atoms with Crippen molar-refractivity contribution < 1.29 is 13.9 Å². The monoisotopic (exact) mass is 409 g/mol. The van der Waals surface area contributed by atoms with E-state index in [9.17, 15) is 9.59 Å². The second-order valence-corrected chi connectivity index (χ2v) is 8.69. The van der Waals surface area contributed by atoms with Crippen molar-refractivity contribution in [3.8, 4) is 0 Å². The van der Waals surface area contributed by atoms with E-state index in [0.717, 1.165) is 38.7 Å². The summed E-state index contributed by atoms with van der Waals surface area (Å²) < 4.78 is 11.3. The molecule has 1 unspecified atom stereocenters. The summed E-state index contributed by atoms with van der Waals surface area (Å²) in [6.07, 6.45) is 7.05. The highest BCUT2D eigenvalue weighted by Gasteiger charge is 2.30. The first kappa shape index (κ1) is 20.9. The number of ether oxygens (including phenoxy) is 1. The predicted octanol–water partition coefficient (Wildman–Crippen LogP) is 4.15. The van der Waals surface area contributed by atoms with Gasteiger partial charge in [0.2, 0.25) is 0 Å². The van der Waals surface area contributed by atoms with Crippen LogP contribution in [0.25, 0.3) is 0 Å². The minimum Gasteiger partial charge on any atom is -0.427 e. The quantitative estimate of drug-likeness (QED) is 0.657. The molecule has 160 valence electrons. The summed E-state index contributed by atoms with van der Waals surface area (Å²) in [4.78, 5) is 28.0. The molecule has 1 atom stereocenters. The molecule has 2 fully saturated rings. The van der Waals surface area contributed by atoms with Gasteiger partial charge in [-0.1, -0.05) is 36.8 Å². The van der Waals surface area contributed by atoms with Crippen LogP contribution < -0.4 is 5.63 Å². The highest BCUT2D eigenvalue weighted by Crippen LogP contribution is 2.28. The molecule has 1 saturated heterocycles. The van der Waals surface area contributed by atoms with Gasteiger partial charge in [0.25, 0.3) is 5.91 Å². The van der Waals surface area contributed by atoms with Crippen LogP contribution in [-0.2, 0) is 17.6 Å². The summed E-state index contributed by atoms with van der Waals surface area (Å²) >= 11 is 0. The van der Waals surface area contributed by atoms with Crippen molar-refractivity contribution in [1.82, 2.24) is 4.90 Å². The Bertz CT molecular complexity index is 910. The zero-order chi connectivity index (χ0) is 20.9. The third-order valence-electron chi connectivity index (χ3n) is 6.36. The van der Waals surface area contributed by atoms with Crippen LogP contribution in [-0.4, -0.2) is 36.6 Å². The van der Waals surface area contributed by atoms with Crippen molar-refractivity contribution in [3.63, 3.8) is 0 Å². The van der Waals surface area contributed by atoms with E-state index in [1.165, 1.54) is 12.0 Å². The summed E-state index contributed by atoms with van der Waals surface area (Å²) in [6, 6.07) is 12.0. The summed E-state index contributed by atoms with van der Waals surface area (Å²) in [7, 11) is 0. The van der Waals surface area contributed by atoms with Gasteiger partial charge in [-0.3, -0.25) is 4.79 Å². The Morgan fingerprint density at radius 2 is 1.87 bits per heavy atom.